The molecule has 4 heterocycles. The van der Waals surface area contributed by atoms with E-state index in [-0.39, 0.29) is 18.2 Å². The van der Waals surface area contributed by atoms with Gasteiger partial charge in [0.2, 0.25) is 5.95 Å². The predicted octanol–water partition coefficient (Wildman–Crippen LogP) is 4.11. The summed E-state index contributed by atoms with van der Waals surface area (Å²) in [6, 6.07) is 0.467. The third kappa shape index (κ3) is 4.90. The van der Waals surface area contributed by atoms with Crippen LogP contribution in [0.25, 0.3) is 11.2 Å². The number of hydrogen-bond acceptors (Lipinski definition) is 9. The number of amides is 1. The number of nitrogens with zero attached hydrogens (tertiary/aromatic N) is 5. The van der Waals surface area contributed by atoms with Crippen LogP contribution in [0.15, 0.2) is 0 Å². The number of fused-ring (bicyclic) bond motifs is 1. The second-order valence-electron chi connectivity index (χ2n) is 12.0. The van der Waals surface area contributed by atoms with Crippen molar-refractivity contribution < 1.29 is 14.4 Å². The van der Waals surface area contributed by atoms with Crippen LogP contribution < -0.4 is 21.0 Å². The number of imidazole rings is 1. The third-order valence-corrected chi connectivity index (χ3v) is 9.33. The summed E-state index contributed by atoms with van der Waals surface area (Å²) in [6.45, 7) is 11.3. The van der Waals surface area contributed by atoms with Crippen LogP contribution in [-0.4, -0.2) is 57.0 Å². The van der Waals surface area contributed by atoms with Crippen molar-refractivity contribution >= 4 is 29.0 Å². The number of hydrogen-bond donors (Lipinski definition) is 3. The summed E-state index contributed by atoms with van der Waals surface area (Å²) in [6.07, 6.45) is 7.70. The molecule has 0 spiro atoms. The molecule has 4 aliphatic rings. The maximum Gasteiger partial charge on any atom is 0.427 e. The highest BCUT2D eigenvalue weighted by Crippen LogP contribution is 2.37. The molecule has 2 aromatic heterocycles. The zero-order valence-corrected chi connectivity index (χ0v) is 23.1. The lowest BCUT2D eigenvalue weighted by Gasteiger charge is -2.39. The number of carbonyl (C=O) groups excluding carboxylic acids is 1. The van der Waals surface area contributed by atoms with Gasteiger partial charge in [0, 0.05) is 19.1 Å². The summed E-state index contributed by atoms with van der Waals surface area (Å²) in [4.78, 5) is 34.1. The van der Waals surface area contributed by atoms with Crippen molar-refractivity contribution in [1.29, 1.82) is 0 Å². The van der Waals surface area contributed by atoms with Crippen LogP contribution >= 0.6 is 0 Å². The molecule has 3 N–H and O–H groups in total. The van der Waals surface area contributed by atoms with Crippen LogP contribution in [0.3, 0.4) is 0 Å². The van der Waals surface area contributed by atoms with Crippen LogP contribution in [0.5, 0.6) is 0 Å². The van der Waals surface area contributed by atoms with Gasteiger partial charge in [-0.1, -0.05) is 26.2 Å². The van der Waals surface area contributed by atoms with E-state index in [1.165, 1.54) is 44.9 Å². The molecular weight excluding hydrogens is 484 g/mol. The van der Waals surface area contributed by atoms with Crippen LogP contribution in [0.4, 0.5) is 16.6 Å². The molecule has 4 atom stereocenters. The minimum atomic E-state index is -0.623. The van der Waals surface area contributed by atoms with Gasteiger partial charge >= 0.3 is 6.09 Å². The topological polar surface area (TPSA) is 118 Å². The van der Waals surface area contributed by atoms with Crippen LogP contribution in [0.2, 0.25) is 0 Å². The Kier molecular flexibility index (Phi) is 7.07. The first-order valence-electron chi connectivity index (χ1n) is 14.5. The fourth-order valence-electron chi connectivity index (χ4n) is 6.33. The molecule has 38 heavy (non-hydrogen) atoms. The third-order valence-electron chi connectivity index (χ3n) is 9.33. The molecule has 2 saturated heterocycles. The van der Waals surface area contributed by atoms with E-state index in [1.807, 2.05) is 0 Å². The monoisotopic (exact) mass is 526 g/mol. The molecule has 2 aliphatic carbocycles. The van der Waals surface area contributed by atoms with Crippen LogP contribution in [0.1, 0.15) is 84.6 Å². The van der Waals surface area contributed by atoms with Crippen molar-refractivity contribution in [3.63, 3.8) is 0 Å². The van der Waals surface area contributed by atoms with Crippen molar-refractivity contribution in [1.82, 2.24) is 30.3 Å². The molecule has 6 rings (SSSR count). The molecule has 2 saturated carbocycles. The molecule has 4 fully saturated rings. The molecule has 0 aromatic carbocycles. The normalized spacial score (nSPS) is 31.1. The SMILES string of the molecule is CC1CCC(Cn2c(N3CCOC(C)C3C)nc3nc(C4NOC(=O)N4)nc(N[C@H](C)C4CCC4)c32)CC1. The number of anilines is 2. The lowest BCUT2D eigenvalue weighted by molar-refractivity contribution is 0.0274. The molecular formula is C27H42N8O3. The lowest BCUT2D eigenvalue weighted by Crippen LogP contribution is -2.49. The molecule has 208 valence electrons. The van der Waals surface area contributed by atoms with E-state index in [0.717, 1.165) is 36.3 Å². The first-order valence-corrected chi connectivity index (χ1v) is 14.5. The Morgan fingerprint density at radius 2 is 1.87 bits per heavy atom. The largest absolute Gasteiger partial charge is 0.427 e. The Morgan fingerprint density at radius 1 is 1.08 bits per heavy atom. The Bertz CT molecular complexity index is 1160. The van der Waals surface area contributed by atoms with Gasteiger partial charge in [0.1, 0.15) is 5.52 Å². The number of carbonyl (C=O) groups is 1. The van der Waals surface area contributed by atoms with E-state index in [9.17, 15) is 4.79 Å². The van der Waals surface area contributed by atoms with Crippen molar-refractivity contribution in [3.8, 4) is 0 Å². The second kappa shape index (κ2) is 10.5. The highest BCUT2D eigenvalue weighted by molar-refractivity contribution is 5.86. The Balaban J connectivity index is 1.45. The highest BCUT2D eigenvalue weighted by Gasteiger charge is 2.34. The van der Waals surface area contributed by atoms with Gasteiger partial charge < -0.3 is 24.4 Å². The van der Waals surface area contributed by atoms with E-state index in [4.69, 9.17) is 24.5 Å². The zero-order chi connectivity index (χ0) is 26.4. The number of rotatable bonds is 7. The summed E-state index contributed by atoms with van der Waals surface area (Å²) >= 11 is 0. The van der Waals surface area contributed by atoms with Gasteiger partial charge in [-0.15, -0.1) is 5.48 Å². The average Bonchev–Trinajstić information content (AvgIpc) is 3.45. The van der Waals surface area contributed by atoms with Crippen LogP contribution in [-0.2, 0) is 16.1 Å². The smallest absolute Gasteiger partial charge is 0.375 e. The van der Waals surface area contributed by atoms with E-state index in [2.05, 4.69) is 53.3 Å². The Hall–Kier alpha value is -2.66. The minimum absolute atomic E-state index is 0.112. The van der Waals surface area contributed by atoms with Crippen molar-refractivity contribution in [3.05, 3.63) is 5.82 Å². The van der Waals surface area contributed by atoms with Gasteiger partial charge in [0.25, 0.3) is 0 Å². The average molecular weight is 527 g/mol. The summed E-state index contributed by atoms with van der Waals surface area (Å²) in [5.74, 6) is 4.19. The fraction of sp³-hybridized carbons (Fsp3) is 0.778. The van der Waals surface area contributed by atoms with Crippen LogP contribution in [0, 0.1) is 17.8 Å². The van der Waals surface area contributed by atoms with Gasteiger partial charge in [0.05, 0.1) is 18.8 Å². The molecule has 0 bridgehead atoms. The number of hydroxylamine groups is 1. The lowest BCUT2D eigenvalue weighted by atomic mass is 9.80. The van der Waals surface area contributed by atoms with Gasteiger partial charge in [-0.05, 0) is 64.2 Å². The molecule has 11 heteroatoms. The maximum atomic E-state index is 11.8. The number of nitrogens with one attached hydrogen (secondary N) is 3. The first kappa shape index (κ1) is 25.6. The molecule has 3 unspecified atom stereocenters. The Labute approximate surface area is 224 Å². The molecule has 2 aliphatic heterocycles. The van der Waals surface area contributed by atoms with Crippen molar-refractivity contribution in [2.75, 3.05) is 23.4 Å². The van der Waals surface area contributed by atoms with Crippen molar-refractivity contribution in [2.45, 2.75) is 104 Å². The fourth-order valence-corrected chi connectivity index (χ4v) is 6.33. The molecule has 0 radical (unpaired) electrons. The maximum absolute atomic E-state index is 11.8. The number of morpholine rings is 1. The van der Waals surface area contributed by atoms with Gasteiger partial charge in [-0.3, -0.25) is 5.32 Å². The van der Waals surface area contributed by atoms with Gasteiger partial charge in [0.15, 0.2) is 23.5 Å². The summed E-state index contributed by atoms with van der Waals surface area (Å²) in [5, 5.41) is 6.49. The van der Waals surface area contributed by atoms with Gasteiger partial charge in [-0.25, -0.2) is 14.8 Å². The molecule has 2 aromatic rings. The zero-order valence-electron chi connectivity index (χ0n) is 23.1. The Morgan fingerprint density at radius 3 is 2.55 bits per heavy atom. The first-order chi connectivity index (χ1) is 18.4. The summed E-state index contributed by atoms with van der Waals surface area (Å²) in [7, 11) is 0. The van der Waals surface area contributed by atoms with Gasteiger partial charge in [-0.2, -0.15) is 4.98 Å². The summed E-state index contributed by atoms with van der Waals surface area (Å²) in [5.41, 5.74) is 4.30. The summed E-state index contributed by atoms with van der Waals surface area (Å²) < 4.78 is 8.33. The molecule has 1 amide bonds. The number of aromatic nitrogens is 4. The van der Waals surface area contributed by atoms with Crippen molar-refractivity contribution in [2.24, 2.45) is 17.8 Å². The quantitative estimate of drug-likeness (QED) is 0.490. The minimum Gasteiger partial charge on any atom is -0.375 e. The highest BCUT2D eigenvalue weighted by atomic mass is 16.7. The standard InChI is InChI=1S/C27H42N8O3/c1-15-8-10-19(11-9-15)14-35-21-22(28-16(2)20-6-5-7-20)29-24(25-32-27(36)38-33-25)30-23(21)31-26(35)34-12-13-37-18(4)17(34)3/h15-20,25,33H,5-14H2,1-4H3,(H,32,36)(H,28,29,30)/t15?,16-,17?,18?,19?,25?/m1/s1. The van der Waals surface area contributed by atoms with E-state index in [1.54, 1.807) is 0 Å². The predicted molar refractivity (Wildman–Crippen MR) is 145 cm³/mol. The molecule has 11 nitrogen and oxygen atoms in total. The van der Waals surface area contributed by atoms with E-state index in [0.29, 0.717) is 29.9 Å². The second-order valence-corrected chi connectivity index (χ2v) is 12.0. The number of ether oxygens (including phenoxy) is 1. The van der Waals surface area contributed by atoms with E-state index >= 15 is 0 Å². The van der Waals surface area contributed by atoms with E-state index < -0.39 is 12.3 Å².